The Morgan fingerprint density at radius 2 is 1.19 bits per heavy atom. The van der Waals surface area contributed by atoms with E-state index >= 15 is 0 Å². The largest absolute Gasteiger partial charge is 0.355 e. The normalized spacial score (nSPS) is 17.1. The van der Waals surface area contributed by atoms with Crippen LogP contribution in [0.1, 0.15) is 82.7 Å². The number of nitrogens with zero attached hydrogens (tertiary/aromatic N) is 4. The second-order valence-electron chi connectivity index (χ2n) is 9.87. The van der Waals surface area contributed by atoms with E-state index < -0.39 is 0 Å². The van der Waals surface area contributed by atoms with Crippen molar-refractivity contribution in [1.82, 2.24) is 14.5 Å². The molecule has 5 heteroatoms. The Kier molecular flexibility index (Phi) is 6.19. The van der Waals surface area contributed by atoms with E-state index in [4.69, 9.17) is 15.0 Å². The third-order valence-electron chi connectivity index (χ3n) is 8.03. The van der Waals surface area contributed by atoms with Crippen LogP contribution in [0.5, 0.6) is 0 Å². The van der Waals surface area contributed by atoms with E-state index in [1.165, 1.54) is 33.4 Å². The highest BCUT2D eigenvalue weighted by Gasteiger charge is 2.22. The van der Waals surface area contributed by atoms with E-state index in [2.05, 4.69) is 89.4 Å². The van der Waals surface area contributed by atoms with Gasteiger partial charge in [0.15, 0.2) is 0 Å². The van der Waals surface area contributed by atoms with Crippen LogP contribution in [0.15, 0.2) is 43.7 Å². The molecular weight excluding hydrogens is 442 g/mol. The van der Waals surface area contributed by atoms with Crippen molar-refractivity contribution in [2.45, 2.75) is 74.1 Å². The van der Waals surface area contributed by atoms with Crippen molar-refractivity contribution in [2.24, 2.45) is 17.0 Å². The molecule has 2 aromatic rings. The first kappa shape index (κ1) is 24.2. The van der Waals surface area contributed by atoms with Gasteiger partial charge in [-0.05, 0) is 98.1 Å². The Labute approximate surface area is 214 Å². The maximum atomic E-state index is 5.12. The van der Waals surface area contributed by atoms with Crippen molar-refractivity contribution in [3.63, 3.8) is 0 Å². The van der Waals surface area contributed by atoms with Gasteiger partial charge in [0.2, 0.25) is 0 Å². The summed E-state index contributed by atoms with van der Waals surface area (Å²) in [6, 6.07) is 0. The van der Waals surface area contributed by atoms with E-state index in [1.54, 1.807) is 0 Å². The highest BCUT2D eigenvalue weighted by atomic mass is 15.1. The van der Waals surface area contributed by atoms with Crippen LogP contribution in [0.3, 0.4) is 0 Å². The molecule has 5 rings (SSSR count). The average molecular weight is 480 g/mol. The molecule has 0 unspecified atom stereocenters. The van der Waals surface area contributed by atoms with Gasteiger partial charge >= 0.3 is 0 Å². The lowest BCUT2D eigenvalue weighted by molar-refractivity contribution is 0.859. The van der Waals surface area contributed by atoms with Crippen LogP contribution < -0.4 is 10.7 Å². The average Bonchev–Trinajstić information content (AvgIpc) is 3.53. The Morgan fingerprint density at radius 3 is 1.67 bits per heavy atom. The number of aromatic amines is 1. The first-order valence-corrected chi connectivity index (χ1v) is 13.3. The van der Waals surface area contributed by atoms with Gasteiger partial charge in [-0.3, -0.25) is 0 Å². The molecule has 0 aromatic carbocycles. The first-order valence-electron chi connectivity index (χ1n) is 13.3. The zero-order chi connectivity index (χ0) is 25.7. The van der Waals surface area contributed by atoms with Gasteiger partial charge in [-0.2, -0.15) is 0 Å². The lowest BCUT2D eigenvalue weighted by Crippen LogP contribution is -2.16. The number of hydrogen-bond donors (Lipinski definition) is 1. The minimum atomic E-state index is 0.914. The molecule has 1 N–H and O–H groups in total. The molecule has 2 aromatic heterocycles. The van der Waals surface area contributed by atoms with Crippen molar-refractivity contribution in [1.29, 1.82) is 0 Å². The molecule has 0 radical (unpaired) electrons. The standard InChI is InChI=1S/C31H37N5/c1-9-20-17(5)24-13-26-19(7)36(8)31(35-26)16-25-18(6)21(10-2)28(33-25)15-30-23(12-4)22(11-3)29(34-30)14-27(20)32-24/h13-16,34H,9-12H2,1-8H3. The molecule has 0 fully saturated rings. The molecule has 5 heterocycles. The second-order valence-corrected chi connectivity index (χ2v) is 9.87. The number of imidazole rings is 1. The van der Waals surface area contributed by atoms with E-state index in [1.807, 2.05) is 0 Å². The fraction of sp³-hybridized carbons (Fsp3) is 0.387. The molecule has 0 saturated heterocycles. The van der Waals surface area contributed by atoms with Crippen molar-refractivity contribution >= 4 is 35.7 Å². The number of hydrogen-bond acceptors (Lipinski definition) is 3. The third kappa shape index (κ3) is 3.73. The van der Waals surface area contributed by atoms with E-state index in [-0.39, 0.29) is 0 Å². The molecule has 5 nitrogen and oxygen atoms in total. The summed E-state index contributed by atoms with van der Waals surface area (Å²) in [6.07, 6.45) is 12.6. The lowest BCUT2D eigenvalue weighted by atomic mass is 10.0. The molecule has 0 saturated carbocycles. The summed E-state index contributed by atoms with van der Waals surface area (Å²) in [4.78, 5) is 19.0. The predicted molar refractivity (Wildman–Crippen MR) is 152 cm³/mol. The number of aromatic nitrogens is 3. The molecule has 0 aliphatic carbocycles. The number of allylic oxidation sites excluding steroid dienone is 4. The summed E-state index contributed by atoms with van der Waals surface area (Å²) in [7, 11) is 2.08. The molecule has 0 spiro atoms. The minimum absolute atomic E-state index is 0.914. The van der Waals surface area contributed by atoms with Crippen molar-refractivity contribution < 1.29 is 0 Å². The molecule has 3 aliphatic rings. The number of aliphatic imine (C=N–C) groups is 2. The predicted octanol–water partition coefficient (Wildman–Crippen LogP) is 5.50. The van der Waals surface area contributed by atoms with Gasteiger partial charge in [-0.15, -0.1) is 0 Å². The van der Waals surface area contributed by atoms with Crippen molar-refractivity contribution in [2.75, 3.05) is 0 Å². The quantitative estimate of drug-likeness (QED) is 0.618. The van der Waals surface area contributed by atoms with Gasteiger partial charge in [0.05, 0.1) is 28.5 Å². The minimum Gasteiger partial charge on any atom is -0.355 e. The molecule has 0 atom stereocenters. The first-order chi connectivity index (χ1) is 17.3. The Hall–Kier alpha value is -3.47. The van der Waals surface area contributed by atoms with Crippen LogP contribution in [0.25, 0.3) is 24.3 Å². The SMILES string of the molecule is CCC1=C(C)C2=Cc3nc(n(C)c3C)C=C3N=C(C=c4[nH]c(c(CC)c4CC)=CC1=N2)C(CC)=C3C. The lowest BCUT2D eigenvalue weighted by Gasteiger charge is -2.02. The molecule has 8 bridgehead atoms. The molecular formula is C31H37N5. The number of nitrogens with one attached hydrogen (secondary N) is 1. The summed E-state index contributed by atoms with van der Waals surface area (Å²) >= 11 is 0. The maximum absolute atomic E-state index is 5.12. The van der Waals surface area contributed by atoms with Crippen LogP contribution in [0.4, 0.5) is 0 Å². The highest BCUT2D eigenvalue weighted by Crippen LogP contribution is 2.32. The van der Waals surface area contributed by atoms with Crippen LogP contribution >= 0.6 is 0 Å². The van der Waals surface area contributed by atoms with Crippen molar-refractivity contribution in [3.8, 4) is 0 Å². The number of fused-ring (bicyclic) bond motifs is 6. The molecule has 186 valence electrons. The van der Waals surface area contributed by atoms with Gasteiger partial charge in [-0.1, -0.05) is 27.7 Å². The van der Waals surface area contributed by atoms with Gasteiger partial charge in [0.25, 0.3) is 0 Å². The molecule has 36 heavy (non-hydrogen) atoms. The summed E-state index contributed by atoms with van der Waals surface area (Å²) in [6.45, 7) is 15.4. The smallest absolute Gasteiger partial charge is 0.135 e. The van der Waals surface area contributed by atoms with Crippen molar-refractivity contribution in [3.05, 3.63) is 72.7 Å². The monoisotopic (exact) mass is 479 g/mol. The zero-order valence-electron chi connectivity index (χ0n) is 22.9. The summed E-state index contributed by atoms with van der Waals surface area (Å²) in [5, 5.41) is 2.32. The summed E-state index contributed by atoms with van der Waals surface area (Å²) < 4.78 is 2.15. The third-order valence-corrected chi connectivity index (χ3v) is 8.03. The van der Waals surface area contributed by atoms with E-state index in [0.717, 1.165) is 76.4 Å². The number of rotatable bonds is 4. The molecule has 3 aliphatic heterocycles. The number of H-pyrrole nitrogens is 1. The van der Waals surface area contributed by atoms with Crippen LogP contribution in [-0.2, 0) is 19.9 Å². The fourth-order valence-electron chi connectivity index (χ4n) is 5.76. The topological polar surface area (TPSA) is 58.3 Å². The summed E-state index contributed by atoms with van der Waals surface area (Å²) in [5.74, 6) is 0.914. The zero-order valence-corrected chi connectivity index (χ0v) is 22.9. The fourth-order valence-corrected chi connectivity index (χ4v) is 5.76. The van der Waals surface area contributed by atoms with Gasteiger partial charge in [-0.25, -0.2) is 15.0 Å². The Bertz CT molecular complexity index is 1470. The second kappa shape index (κ2) is 9.20. The van der Waals surface area contributed by atoms with Gasteiger partial charge in [0.1, 0.15) is 5.82 Å². The molecule has 0 amide bonds. The highest BCUT2D eigenvalue weighted by molar-refractivity contribution is 6.24. The van der Waals surface area contributed by atoms with E-state index in [9.17, 15) is 0 Å². The Balaban J connectivity index is 1.89. The van der Waals surface area contributed by atoms with Crippen LogP contribution in [0.2, 0.25) is 0 Å². The maximum Gasteiger partial charge on any atom is 0.135 e. The Morgan fingerprint density at radius 1 is 0.694 bits per heavy atom. The van der Waals surface area contributed by atoms with Crippen LogP contribution in [-0.4, -0.2) is 26.0 Å². The van der Waals surface area contributed by atoms with E-state index in [0.29, 0.717) is 0 Å². The van der Waals surface area contributed by atoms with Gasteiger partial charge < -0.3 is 9.55 Å². The van der Waals surface area contributed by atoms with Crippen LogP contribution in [0, 0.1) is 6.92 Å². The van der Waals surface area contributed by atoms with Gasteiger partial charge in [0, 0.05) is 29.5 Å². The summed E-state index contributed by atoms with van der Waals surface area (Å²) in [5.41, 5.74) is 14.0.